The largest absolute Gasteiger partial charge is 0.507 e. The van der Waals surface area contributed by atoms with E-state index in [-0.39, 0.29) is 101 Å². The Bertz CT molecular complexity index is 4460. The number of nitrogens with two attached hydrogens (primary N) is 2. The van der Waals surface area contributed by atoms with Crippen molar-refractivity contribution in [1.29, 1.82) is 0 Å². The third-order valence-electron chi connectivity index (χ3n) is 20.0. The van der Waals surface area contributed by atoms with Crippen molar-refractivity contribution >= 4 is 69.7 Å². The van der Waals surface area contributed by atoms with E-state index in [9.17, 15) is 34.5 Å². The molecule has 10 N–H and O–H groups in total. The summed E-state index contributed by atoms with van der Waals surface area (Å²) in [4.78, 5) is 84.9. The molecule has 8 aromatic rings. The SMILES string of the molecule is Cc1ncsc1-c1ccc(CNC(=O)[C@@H]2C[C@@H](O)CN2C(=O)[C@@H](NC(=O)COCCOCCOCCOc2cncc(N3C4CCC3CN(c3cc(-c5ccccc5O)nnc3N)C4)n2)C(C)(C)C)cc1.Nc1nnc(-c2ccccc2O)cc1N1CC2CCC(C1)N2c1cncc(OCCOCCOCCOCC(=O)O)n1. The fourth-order valence-electron chi connectivity index (χ4n) is 14.5. The summed E-state index contributed by atoms with van der Waals surface area (Å²) >= 11 is 1.57. The number of carboxylic acids is 1. The molecule has 0 aliphatic carbocycles. The monoisotopic (exact) mass is 1570 g/mol. The first-order valence-electron chi connectivity index (χ1n) is 37.8. The number of fused-ring (bicyclic) bond motifs is 4. The highest BCUT2D eigenvalue weighted by Gasteiger charge is 2.46. The first kappa shape index (κ1) is 81.7. The third kappa shape index (κ3) is 21.7. The summed E-state index contributed by atoms with van der Waals surface area (Å²) in [6.45, 7) is 13.4. The van der Waals surface area contributed by atoms with E-state index in [0.717, 1.165) is 83.5 Å². The Labute approximate surface area is 658 Å². The Morgan fingerprint density at radius 1 is 0.593 bits per heavy atom. The lowest BCUT2D eigenvalue weighted by molar-refractivity contribution is -0.144. The number of anilines is 6. The van der Waals surface area contributed by atoms with E-state index in [1.54, 1.807) is 72.5 Å². The number of amides is 3. The van der Waals surface area contributed by atoms with Gasteiger partial charge < -0.3 is 105 Å². The van der Waals surface area contributed by atoms with Crippen molar-refractivity contribution < 1.29 is 77.5 Å². The summed E-state index contributed by atoms with van der Waals surface area (Å²) in [7, 11) is 0. The number of ether oxygens (including phenoxy) is 8. The second-order valence-electron chi connectivity index (χ2n) is 28.9. The number of hydrogen-bond donors (Lipinski definition) is 8. The van der Waals surface area contributed by atoms with Crippen LogP contribution in [-0.2, 0) is 54.1 Å². The van der Waals surface area contributed by atoms with E-state index in [1.807, 2.05) is 81.7 Å². The number of hydrogen-bond acceptors (Lipinski definition) is 31. The van der Waals surface area contributed by atoms with Crippen LogP contribution >= 0.6 is 11.3 Å². The molecule has 5 aliphatic rings. The molecule has 34 nitrogen and oxygen atoms in total. The predicted molar refractivity (Wildman–Crippen MR) is 419 cm³/mol. The van der Waals surface area contributed by atoms with Crippen LogP contribution in [0.4, 0.5) is 34.6 Å². The molecular formula is C78H98N18O16S. The number of carbonyl (C=O) groups excluding carboxylic acids is 3. The highest BCUT2D eigenvalue weighted by atomic mass is 32.1. The van der Waals surface area contributed by atoms with Crippen molar-refractivity contribution in [3.8, 4) is 56.2 Å². The number of β-amino-alcohol motifs (C(OH)–C–C–N with tert-alkyl or cyclic N) is 1. The van der Waals surface area contributed by atoms with Gasteiger partial charge in [0.2, 0.25) is 29.5 Å². The Morgan fingerprint density at radius 3 is 1.50 bits per heavy atom. The molecule has 5 aliphatic heterocycles. The molecule has 10 heterocycles. The number of aliphatic hydroxyl groups excluding tert-OH is 1. The number of rotatable bonds is 36. The lowest BCUT2D eigenvalue weighted by atomic mass is 9.85. The number of likely N-dealkylation sites (tertiary alicyclic amines) is 1. The zero-order valence-electron chi connectivity index (χ0n) is 63.7. The molecule has 4 unspecified atom stereocenters. The quantitative estimate of drug-likeness (QED) is 0.0230. The van der Waals surface area contributed by atoms with E-state index >= 15 is 0 Å². The molecule has 5 fully saturated rings. The number of para-hydroxylation sites is 2. The average Bonchev–Trinajstić information content (AvgIpc) is 1.68. The molecule has 35 heteroatoms. The molecule has 3 aromatic carbocycles. The van der Waals surface area contributed by atoms with Gasteiger partial charge in [0.25, 0.3) is 0 Å². The van der Waals surface area contributed by atoms with E-state index in [4.69, 9.17) is 64.4 Å². The molecule has 5 saturated heterocycles. The van der Waals surface area contributed by atoms with Gasteiger partial charge in [-0.25, -0.2) is 9.78 Å². The zero-order chi connectivity index (χ0) is 79.4. The van der Waals surface area contributed by atoms with E-state index < -0.39 is 41.4 Å². The van der Waals surface area contributed by atoms with Crippen LogP contribution in [0.1, 0.15) is 64.1 Å². The summed E-state index contributed by atoms with van der Waals surface area (Å²) in [6.07, 6.45) is 9.91. The lowest BCUT2D eigenvalue weighted by Gasteiger charge is -2.42. The zero-order valence-corrected chi connectivity index (χ0v) is 64.5. The number of carboxylic acid groups (broad SMARTS) is 1. The molecule has 0 spiro atoms. The molecule has 3 amide bonds. The van der Waals surface area contributed by atoms with Crippen molar-refractivity contribution in [3.63, 3.8) is 0 Å². The normalized spacial score (nSPS) is 18.7. The van der Waals surface area contributed by atoms with Crippen LogP contribution < -0.4 is 51.2 Å². The van der Waals surface area contributed by atoms with Gasteiger partial charge in [-0.05, 0) is 85.5 Å². The van der Waals surface area contributed by atoms with Gasteiger partial charge in [0.05, 0.1) is 136 Å². The number of carbonyl (C=O) groups is 4. The predicted octanol–water partition coefficient (Wildman–Crippen LogP) is 5.34. The summed E-state index contributed by atoms with van der Waals surface area (Å²) in [6, 6.07) is 24.6. The maximum atomic E-state index is 14.0. The van der Waals surface area contributed by atoms with Crippen molar-refractivity contribution in [1.82, 2.24) is 60.8 Å². The van der Waals surface area contributed by atoms with Crippen molar-refractivity contribution in [2.75, 3.05) is 156 Å². The van der Waals surface area contributed by atoms with E-state index in [1.165, 1.54) is 4.90 Å². The number of thiazole rings is 1. The topological polar surface area (TPSA) is 431 Å². The molecular weight excluding hydrogens is 1480 g/mol. The number of piperazine rings is 2. The molecule has 0 saturated carbocycles. The minimum absolute atomic E-state index is 0.0224. The lowest BCUT2D eigenvalue weighted by Crippen LogP contribution is -2.58. The molecule has 13 rings (SSSR count). The van der Waals surface area contributed by atoms with E-state index in [0.29, 0.717) is 112 Å². The first-order chi connectivity index (χ1) is 54.7. The highest BCUT2D eigenvalue weighted by molar-refractivity contribution is 7.13. The van der Waals surface area contributed by atoms with Crippen LogP contribution in [0, 0.1) is 12.3 Å². The van der Waals surface area contributed by atoms with Gasteiger partial charge in [-0.15, -0.1) is 31.7 Å². The molecule has 4 bridgehead atoms. The summed E-state index contributed by atoms with van der Waals surface area (Å²) in [5, 5.41) is 62.3. The number of nitrogens with one attached hydrogen (secondary N) is 2. The van der Waals surface area contributed by atoms with Gasteiger partial charge in [-0.3, -0.25) is 24.4 Å². The Morgan fingerprint density at radius 2 is 1.05 bits per heavy atom. The fourth-order valence-corrected chi connectivity index (χ4v) is 15.4. The van der Waals surface area contributed by atoms with Crippen LogP contribution in [0.25, 0.3) is 33.0 Å². The standard InChI is InChI=1S/C50H63N11O9S.C28H35N7O7/c1-31-45(71-30-54-31)33-11-9-32(10-12-33)23-53-48(65)40-21-36(62)28-60(40)49(66)46(50(2,3)4)56-43(64)29-69-18-17-67-15-16-68-19-20-70-44-25-52-24-42(55-44)61-34-13-14-35(61)27-59(26-34)39-22-38(57-58-47(39)51)37-7-5-6-8-41(37)63;29-28-23(13-22(32-33-28)21-3-1-2-4-24(21)36)34-16-19-5-6-20(17-34)35(19)25-14-30-15-26(31-25)42-12-11-40-8-7-39-9-10-41-18-27(37)38/h5-12,22,24-25,30,34-36,40,46,62-63H,13-21,23,26-29H2,1-4H3,(H2,51,58)(H,53,65)(H,56,64);1-4,13-15,19-20,36H,5-12,16-18H2,(H2,29,33)(H,37,38)/t34?,35?,36-,40+,46-;/m1./s1. The number of phenolic OH excluding ortho intramolecular Hbond substituents is 2. The fraction of sp³-hybridized carbons (Fsp3) is 0.474. The van der Waals surface area contributed by atoms with Crippen molar-refractivity contribution in [3.05, 3.63) is 126 Å². The van der Waals surface area contributed by atoms with Crippen LogP contribution in [-0.4, -0.2) is 262 Å². The maximum Gasteiger partial charge on any atom is 0.329 e. The molecule has 5 aromatic heterocycles. The van der Waals surface area contributed by atoms with Crippen LogP contribution in [0.15, 0.2) is 115 Å². The Balaban J connectivity index is 0.000000239. The minimum Gasteiger partial charge on any atom is -0.507 e. The van der Waals surface area contributed by atoms with Gasteiger partial charge >= 0.3 is 5.97 Å². The van der Waals surface area contributed by atoms with Crippen molar-refractivity contribution in [2.45, 2.75) is 109 Å². The Hall–Kier alpha value is -10.8. The number of benzene rings is 3. The third-order valence-corrected chi connectivity index (χ3v) is 20.9. The van der Waals surface area contributed by atoms with Gasteiger partial charge in [-0.2, -0.15) is 9.97 Å². The van der Waals surface area contributed by atoms with Gasteiger partial charge in [-0.1, -0.05) is 69.3 Å². The average molecular weight is 1580 g/mol. The number of aromatic hydroxyl groups is 2. The van der Waals surface area contributed by atoms with Gasteiger partial charge in [0.1, 0.15) is 50.0 Å². The summed E-state index contributed by atoms with van der Waals surface area (Å²) in [5.41, 5.74) is 20.5. The van der Waals surface area contributed by atoms with Crippen molar-refractivity contribution in [2.24, 2.45) is 5.41 Å². The smallest absolute Gasteiger partial charge is 0.329 e. The van der Waals surface area contributed by atoms with Crippen LogP contribution in [0.2, 0.25) is 0 Å². The minimum atomic E-state index is -1.01. The number of aromatic nitrogens is 9. The number of aliphatic hydroxyl groups is 1. The number of nitrogen functional groups attached to an aromatic ring is 2. The second-order valence-corrected chi connectivity index (χ2v) is 29.8. The molecule has 113 heavy (non-hydrogen) atoms. The number of nitrogens with zero attached hydrogens (tertiary/aromatic N) is 14. The second kappa shape index (κ2) is 39.1. The van der Waals surface area contributed by atoms with E-state index in [2.05, 4.69) is 65.6 Å². The number of aryl methyl sites for hydroxylation is 1. The molecule has 0 radical (unpaired) electrons. The van der Waals surface area contributed by atoms with Gasteiger partial charge in [0, 0.05) is 81.0 Å². The van der Waals surface area contributed by atoms with Crippen LogP contribution in [0.5, 0.6) is 23.3 Å². The van der Waals surface area contributed by atoms with Gasteiger partial charge in [0.15, 0.2) is 23.3 Å². The first-order valence-corrected chi connectivity index (χ1v) is 38.6. The number of phenols is 2. The highest BCUT2D eigenvalue weighted by Crippen LogP contribution is 2.41. The summed E-state index contributed by atoms with van der Waals surface area (Å²) < 4.78 is 44.3. The number of aliphatic carboxylic acids is 1. The van der Waals surface area contributed by atoms with Crippen LogP contribution in [0.3, 0.4) is 0 Å². The summed E-state index contributed by atoms with van der Waals surface area (Å²) in [5.74, 6) is 0.999. The molecule has 7 atom stereocenters. The molecule has 602 valence electrons. The maximum absolute atomic E-state index is 14.0. The Kier molecular flexibility index (Phi) is 28.3.